The van der Waals surface area contributed by atoms with Gasteiger partial charge < -0.3 is 89.9 Å². The number of hydrogen-bond acceptors (Lipinski definition) is 18. The molecule has 368 valence electrons. The smallest absolute Gasteiger partial charge is 0.220 e. The van der Waals surface area contributed by atoms with Crippen LogP contribution in [-0.4, -0.2) is 193 Å². The van der Waals surface area contributed by atoms with E-state index >= 15 is 0 Å². The average Bonchev–Trinajstić information content (AvgIpc) is 3.28. The summed E-state index contributed by atoms with van der Waals surface area (Å²) in [5.74, 6) is -0.307. The van der Waals surface area contributed by atoms with Crippen molar-refractivity contribution in [2.75, 3.05) is 26.4 Å². The highest BCUT2D eigenvalue weighted by Gasteiger charge is 2.53. The van der Waals surface area contributed by atoms with Crippen LogP contribution in [-0.2, 0) is 33.2 Å². The van der Waals surface area contributed by atoms with E-state index in [1.165, 1.54) is 44.9 Å². The molecule has 12 N–H and O–H groups in total. The van der Waals surface area contributed by atoms with E-state index in [4.69, 9.17) is 28.4 Å². The van der Waals surface area contributed by atoms with E-state index in [1.54, 1.807) is 6.08 Å². The first kappa shape index (κ1) is 55.6. The summed E-state index contributed by atoms with van der Waals surface area (Å²) in [7, 11) is 0. The zero-order valence-corrected chi connectivity index (χ0v) is 37.0. The quantitative estimate of drug-likeness (QED) is 0.0325. The fourth-order valence-electron chi connectivity index (χ4n) is 7.79. The molecule has 63 heavy (non-hydrogen) atoms. The lowest BCUT2D eigenvalue weighted by molar-refractivity contribution is -0.379. The molecule has 0 aromatic rings. The van der Waals surface area contributed by atoms with Crippen molar-refractivity contribution >= 4 is 5.91 Å². The molecule has 0 saturated carbocycles. The molecule has 19 heteroatoms. The second kappa shape index (κ2) is 30.5. The Kier molecular flexibility index (Phi) is 26.9. The predicted octanol–water partition coefficient (Wildman–Crippen LogP) is -0.309. The number of allylic oxidation sites excluding steroid dienone is 3. The van der Waals surface area contributed by atoms with Crippen LogP contribution in [0, 0.1) is 0 Å². The van der Waals surface area contributed by atoms with E-state index in [1.807, 2.05) is 6.08 Å². The van der Waals surface area contributed by atoms with Gasteiger partial charge in [-0.05, 0) is 32.1 Å². The summed E-state index contributed by atoms with van der Waals surface area (Å²) in [6.07, 6.45) is -2.86. The first-order valence-corrected chi connectivity index (χ1v) is 23.1. The summed E-state index contributed by atoms with van der Waals surface area (Å²) in [5.41, 5.74) is 0. The van der Waals surface area contributed by atoms with Gasteiger partial charge in [-0.3, -0.25) is 4.79 Å². The van der Waals surface area contributed by atoms with Gasteiger partial charge in [0.1, 0.15) is 73.2 Å². The van der Waals surface area contributed by atoms with Crippen LogP contribution in [0.5, 0.6) is 0 Å². The fraction of sp³-hybridized carbons (Fsp3) is 0.886. The molecule has 17 unspecified atom stereocenters. The number of nitrogens with one attached hydrogen (secondary N) is 1. The minimum absolute atomic E-state index is 0.227. The topological polar surface area (TPSA) is 307 Å². The van der Waals surface area contributed by atoms with E-state index in [9.17, 15) is 61.0 Å². The van der Waals surface area contributed by atoms with Crippen molar-refractivity contribution in [3.63, 3.8) is 0 Å². The molecule has 0 aromatic heterocycles. The zero-order chi connectivity index (χ0) is 46.3. The average molecular weight is 910 g/mol. The van der Waals surface area contributed by atoms with Crippen LogP contribution in [0.25, 0.3) is 0 Å². The first-order valence-electron chi connectivity index (χ1n) is 23.1. The van der Waals surface area contributed by atoms with Crippen molar-refractivity contribution in [1.29, 1.82) is 0 Å². The van der Waals surface area contributed by atoms with Gasteiger partial charge in [-0.25, -0.2) is 0 Å². The van der Waals surface area contributed by atoms with Crippen LogP contribution >= 0.6 is 0 Å². The molecule has 3 heterocycles. The molecule has 3 fully saturated rings. The van der Waals surface area contributed by atoms with Crippen LogP contribution in [0.4, 0.5) is 0 Å². The number of carbonyl (C=O) groups is 1. The SMILES string of the molecule is CCCCCCCCCC/C=C/CC/C=C/C(O)C(COC1OC(CO)C(OC2OC(CO)C(OC3OC(CO)C(O)C(O)C3O)C(O)C2O)C(O)C1O)NC(=O)CCCCCC. The molecule has 3 aliphatic heterocycles. The van der Waals surface area contributed by atoms with E-state index in [0.717, 1.165) is 38.5 Å². The van der Waals surface area contributed by atoms with Crippen molar-refractivity contribution in [2.45, 2.75) is 221 Å². The van der Waals surface area contributed by atoms with Gasteiger partial charge >= 0.3 is 0 Å². The number of hydrogen-bond donors (Lipinski definition) is 12. The monoisotopic (exact) mass is 910 g/mol. The van der Waals surface area contributed by atoms with Gasteiger partial charge in [-0.2, -0.15) is 0 Å². The Labute approximate surface area is 371 Å². The minimum Gasteiger partial charge on any atom is -0.394 e. The minimum atomic E-state index is -1.98. The van der Waals surface area contributed by atoms with Crippen LogP contribution < -0.4 is 5.32 Å². The van der Waals surface area contributed by atoms with Gasteiger partial charge in [0.15, 0.2) is 18.9 Å². The van der Waals surface area contributed by atoms with Crippen LogP contribution in [0.3, 0.4) is 0 Å². The number of unbranched alkanes of at least 4 members (excludes halogenated alkanes) is 12. The highest BCUT2D eigenvalue weighted by Crippen LogP contribution is 2.33. The summed E-state index contributed by atoms with van der Waals surface area (Å²) in [6, 6.07) is -0.979. The third-order valence-corrected chi connectivity index (χ3v) is 11.8. The summed E-state index contributed by atoms with van der Waals surface area (Å²) in [5, 5.41) is 119. The van der Waals surface area contributed by atoms with Crippen molar-refractivity contribution < 1.29 is 89.4 Å². The predicted molar refractivity (Wildman–Crippen MR) is 226 cm³/mol. The maximum Gasteiger partial charge on any atom is 0.220 e. The lowest BCUT2D eigenvalue weighted by atomic mass is 9.96. The zero-order valence-electron chi connectivity index (χ0n) is 37.0. The van der Waals surface area contributed by atoms with Gasteiger partial charge in [0.2, 0.25) is 5.91 Å². The molecule has 0 aromatic carbocycles. The molecule has 3 aliphatic rings. The number of amides is 1. The normalized spacial score (nSPS) is 35.0. The van der Waals surface area contributed by atoms with Crippen molar-refractivity contribution in [1.82, 2.24) is 5.32 Å². The summed E-state index contributed by atoms with van der Waals surface area (Å²) >= 11 is 0. The summed E-state index contributed by atoms with van der Waals surface area (Å²) < 4.78 is 33.9. The maximum absolute atomic E-state index is 12.9. The highest BCUT2D eigenvalue weighted by atomic mass is 16.8. The Bertz CT molecular complexity index is 1280. The molecule has 0 spiro atoms. The van der Waals surface area contributed by atoms with Crippen LogP contribution in [0.15, 0.2) is 24.3 Å². The molecule has 19 nitrogen and oxygen atoms in total. The third kappa shape index (κ3) is 17.8. The second-order valence-corrected chi connectivity index (χ2v) is 16.9. The molecule has 0 aliphatic carbocycles. The molecule has 0 radical (unpaired) electrons. The van der Waals surface area contributed by atoms with Crippen LogP contribution in [0.1, 0.15) is 117 Å². The van der Waals surface area contributed by atoms with Gasteiger partial charge in [0.25, 0.3) is 0 Å². The second-order valence-electron chi connectivity index (χ2n) is 16.9. The molecule has 17 atom stereocenters. The lowest BCUT2D eigenvalue weighted by Crippen LogP contribution is -2.66. The summed E-state index contributed by atoms with van der Waals surface area (Å²) in [4.78, 5) is 12.9. The lowest BCUT2D eigenvalue weighted by Gasteiger charge is -2.48. The fourth-order valence-corrected chi connectivity index (χ4v) is 7.79. The number of aliphatic hydroxyl groups is 11. The Morgan fingerprint density at radius 3 is 1.59 bits per heavy atom. The standard InChI is InChI=1S/C44H79NO18/c1-3-5-7-9-10-11-12-13-14-15-16-17-18-19-21-28(49)27(45-32(50)22-20-8-6-4-2)26-58-42-38(56)35(53)40(30(24-47)60-42)63-44-39(57)36(54)41(31(25-48)61-44)62-43-37(55)34(52)33(51)29(23-46)59-43/h15-16,19,21,27-31,33-44,46-49,51-57H,3-14,17-18,20,22-26H2,1-2H3,(H,45,50)/b16-15+,21-19+. The molecular weight excluding hydrogens is 830 g/mol. The Morgan fingerprint density at radius 2 is 1.02 bits per heavy atom. The molecule has 0 bridgehead atoms. The highest BCUT2D eigenvalue weighted by molar-refractivity contribution is 5.76. The maximum atomic E-state index is 12.9. The van der Waals surface area contributed by atoms with Gasteiger partial charge in [-0.1, -0.05) is 102 Å². The van der Waals surface area contributed by atoms with Gasteiger partial charge in [0.05, 0.1) is 38.6 Å². The molecule has 3 rings (SSSR count). The third-order valence-electron chi connectivity index (χ3n) is 11.8. The van der Waals surface area contributed by atoms with E-state index < -0.39 is 124 Å². The Morgan fingerprint density at radius 1 is 0.556 bits per heavy atom. The van der Waals surface area contributed by atoms with E-state index in [-0.39, 0.29) is 18.9 Å². The van der Waals surface area contributed by atoms with Crippen molar-refractivity contribution in [2.24, 2.45) is 0 Å². The molecular formula is C44H79NO18. The largest absolute Gasteiger partial charge is 0.394 e. The molecule has 1 amide bonds. The van der Waals surface area contributed by atoms with Gasteiger partial charge in [-0.15, -0.1) is 0 Å². The Hall–Kier alpha value is -1.73. The van der Waals surface area contributed by atoms with E-state index in [2.05, 4.69) is 31.3 Å². The Balaban J connectivity index is 1.58. The number of rotatable bonds is 30. The van der Waals surface area contributed by atoms with Crippen molar-refractivity contribution in [3.05, 3.63) is 24.3 Å². The van der Waals surface area contributed by atoms with Gasteiger partial charge in [0, 0.05) is 6.42 Å². The van der Waals surface area contributed by atoms with Crippen molar-refractivity contribution in [3.8, 4) is 0 Å². The number of aliphatic hydroxyl groups excluding tert-OH is 11. The number of carbonyl (C=O) groups excluding carboxylic acids is 1. The van der Waals surface area contributed by atoms with E-state index in [0.29, 0.717) is 12.8 Å². The number of ether oxygens (including phenoxy) is 6. The summed E-state index contributed by atoms with van der Waals surface area (Å²) in [6.45, 7) is 1.49. The van der Waals surface area contributed by atoms with Crippen LogP contribution in [0.2, 0.25) is 0 Å². The molecule has 3 saturated heterocycles. The first-order chi connectivity index (χ1) is 30.3.